The van der Waals surface area contributed by atoms with E-state index in [1.54, 1.807) is 0 Å². The van der Waals surface area contributed by atoms with Gasteiger partial charge in [-0.2, -0.15) is 0 Å². The molecule has 0 atom stereocenters. The van der Waals surface area contributed by atoms with Crippen LogP contribution < -0.4 is 5.73 Å². The van der Waals surface area contributed by atoms with Crippen molar-refractivity contribution in [2.24, 2.45) is 0 Å². The van der Waals surface area contributed by atoms with Crippen molar-refractivity contribution in [1.29, 1.82) is 0 Å². The van der Waals surface area contributed by atoms with E-state index in [4.69, 9.17) is 10.8 Å². The summed E-state index contributed by atoms with van der Waals surface area (Å²) in [5, 5.41) is 8.86. The van der Waals surface area contributed by atoms with Gasteiger partial charge in [0.2, 0.25) is 0 Å². The summed E-state index contributed by atoms with van der Waals surface area (Å²) < 4.78 is 0. The molecule has 3 N–H and O–H groups in total. The van der Waals surface area contributed by atoms with Crippen LogP contribution in [-0.4, -0.2) is 11.7 Å². The number of hydrogen-bond donors (Lipinski definition) is 2. The number of aliphatic hydroxyl groups is 1. The number of benzene rings is 2. The number of unbranched alkanes of at least 4 members (excludes halogenated alkanes) is 1. The number of rotatable bonds is 4. The maximum atomic E-state index is 8.86. The summed E-state index contributed by atoms with van der Waals surface area (Å²) in [4.78, 5) is 0. The van der Waals surface area contributed by atoms with Gasteiger partial charge in [-0.1, -0.05) is 36.4 Å². The largest absolute Gasteiger partial charge is 0.398 e. The van der Waals surface area contributed by atoms with Crippen molar-refractivity contribution in [2.45, 2.75) is 25.7 Å². The molecule has 2 nitrogen and oxygen atoms in total. The molecule has 0 fully saturated rings. The van der Waals surface area contributed by atoms with Gasteiger partial charge in [-0.15, -0.1) is 0 Å². The lowest BCUT2D eigenvalue weighted by molar-refractivity contribution is 0.284. The van der Waals surface area contributed by atoms with E-state index in [-0.39, 0.29) is 6.61 Å². The predicted octanol–water partition coefficient (Wildman–Crippen LogP) is 3.16. The van der Waals surface area contributed by atoms with Crippen molar-refractivity contribution in [3.63, 3.8) is 0 Å². The average molecular weight is 253 g/mol. The second-order valence-electron chi connectivity index (χ2n) is 5.18. The number of fused-ring (bicyclic) bond motifs is 3. The van der Waals surface area contributed by atoms with Gasteiger partial charge in [0.1, 0.15) is 0 Å². The first-order valence-corrected chi connectivity index (χ1v) is 6.90. The molecule has 2 aromatic rings. The fourth-order valence-corrected chi connectivity index (χ4v) is 2.93. The molecule has 98 valence electrons. The van der Waals surface area contributed by atoms with Crippen LogP contribution in [0.25, 0.3) is 11.1 Å². The molecule has 0 radical (unpaired) electrons. The highest BCUT2D eigenvalue weighted by molar-refractivity contribution is 5.82. The lowest BCUT2D eigenvalue weighted by Crippen LogP contribution is -2.00. The summed E-state index contributed by atoms with van der Waals surface area (Å²) in [6.45, 7) is 0.260. The highest BCUT2D eigenvalue weighted by Crippen LogP contribution is 2.40. The SMILES string of the molecule is Nc1c(CCCCO)ccc2c1Cc1ccccc1-2. The van der Waals surface area contributed by atoms with Crippen LogP contribution in [0.5, 0.6) is 0 Å². The van der Waals surface area contributed by atoms with Crippen molar-refractivity contribution in [3.05, 3.63) is 53.1 Å². The fraction of sp³-hybridized carbons (Fsp3) is 0.294. The lowest BCUT2D eigenvalue weighted by atomic mass is 9.98. The number of anilines is 1. The Balaban J connectivity index is 1.93. The topological polar surface area (TPSA) is 46.2 Å². The van der Waals surface area contributed by atoms with E-state index < -0.39 is 0 Å². The van der Waals surface area contributed by atoms with Gasteiger partial charge in [0.25, 0.3) is 0 Å². The Hall–Kier alpha value is -1.80. The van der Waals surface area contributed by atoms with Gasteiger partial charge in [0, 0.05) is 18.7 Å². The van der Waals surface area contributed by atoms with Crippen LogP contribution in [0.3, 0.4) is 0 Å². The summed E-state index contributed by atoms with van der Waals surface area (Å²) in [5.41, 5.74) is 13.8. The van der Waals surface area contributed by atoms with Gasteiger partial charge in [0.15, 0.2) is 0 Å². The summed E-state index contributed by atoms with van der Waals surface area (Å²) in [6, 6.07) is 12.9. The second-order valence-corrected chi connectivity index (χ2v) is 5.18. The molecule has 2 aromatic carbocycles. The Kier molecular flexibility index (Phi) is 3.26. The molecule has 0 aromatic heterocycles. The van der Waals surface area contributed by atoms with Crippen LogP contribution >= 0.6 is 0 Å². The third-order valence-corrected chi connectivity index (χ3v) is 3.98. The van der Waals surface area contributed by atoms with Crippen LogP contribution in [0.15, 0.2) is 36.4 Å². The number of nitrogen functional groups attached to an aromatic ring is 1. The lowest BCUT2D eigenvalue weighted by Gasteiger charge is -2.10. The zero-order valence-electron chi connectivity index (χ0n) is 11.0. The van der Waals surface area contributed by atoms with E-state index >= 15 is 0 Å². The predicted molar refractivity (Wildman–Crippen MR) is 79.1 cm³/mol. The summed E-state index contributed by atoms with van der Waals surface area (Å²) >= 11 is 0. The summed E-state index contributed by atoms with van der Waals surface area (Å²) in [7, 11) is 0. The van der Waals surface area contributed by atoms with Crippen molar-refractivity contribution in [2.75, 3.05) is 12.3 Å². The molecule has 3 rings (SSSR count). The summed E-state index contributed by atoms with van der Waals surface area (Å²) in [6.07, 6.45) is 3.74. The van der Waals surface area contributed by atoms with Crippen molar-refractivity contribution in [3.8, 4) is 11.1 Å². The van der Waals surface area contributed by atoms with Gasteiger partial charge in [-0.05, 0) is 47.1 Å². The molecule has 19 heavy (non-hydrogen) atoms. The molecule has 0 heterocycles. The maximum Gasteiger partial charge on any atom is 0.0431 e. The van der Waals surface area contributed by atoms with E-state index in [9.17, 15) is 0 Å². The van der Waals surface area contributed by atoms with Gasteiger partial charge in [-0.25, -0.2) is 0 Å². The molecule has 0 aliphatic heterocycles. The fourth-order valence-electron chi connectivity index (χ4n) is 2.93. The van der Waals surface area contributed by atoms with Crippen molar-refractivity contribution < 1.29 is 5.11 Å². The molecule has 0 bridgehead atoms. The Morgan fingerprint density at radius 2 is 1.84 bits per heavy atom. The van der Waals surface area contributed by atoms with E-state index in [0.29, 0.717) is 0 Å². The quantitative estimate of drug-likeness (QED) is 0.554. The van der Waals surface area contributed by atoms with Crippen LogP contribution in [0.1, 0.15) is 29.5 Å². The first kappa shape index (κ1) is 12.2. The third kappa shape index (κ3) is 2.13. The Labute approximate surface area is 113 Å². The normalized spacial score (nSPS) is 12.3. The number of nitrogens with two attached hydrogens (primary N) is 1. The third-order valence-electron chi connectivity index (χ3n) is 3.98. The molecular weight excluding hydrogens is 234 g/mol. The smallest absolute Gasteiger partial charge is 0.0431 e. The van der Waals surface area contributed by atoms with E-state index in [0.717, 1.165) is 31.4 Å². The number of aliphatic hydroxyl groups excluding tert-OH is 1. The molecule has 0 saturated heterocycles. The van der Waals surface area contributed by atoms with Crippen LogP contribution in [-0.2, 0) is 12.8 Å². The molecule has 0 spiro atoms. The number of hydrogen-bond acceptors (Lipinski definition) is 2. The highest BCUT2D eigenvalue weighted by Gasteiger charge is 2.21. The minimum atomic E-state index is 0.260. The van der Waals surface area contributed by atoms with Crippen LogP contribution in [0.4, 0.5) is 5.69 Å². The van der Waals surface area contributed by atoms with Crippen LogP contribution in [0, 0.1) is 0 Å². The van der Waals surface area contributed by atoms with E-state index in [2.05, 4.69) is 36.4 Å². The number of aryl methyl sites for hydroxylation is 1. The summed E-state index contributed by atoms with van der Waals surface area (Å²) in [5.74, 6) is 0. The molecular formula is C17H19NO. The van der Waals surface area contributed by atoms with Gasteiger partial charge < -0.3 is 10.8 Å². The van der Waals surface area contributed by atoms with Gasteiger partial charge in [0.05, 0.1) is 0 Å². The second kappa shape index (κ2) is 5.06. The molecule has 0 unspecified atom stereocenters. The monoisotopic (exact) mass is 253 g/mol. The van der Waals surface area contributed by atoms with Crippen molar-refractivity contribution >= 4 is 5.69 Å². The first-order valence-electron chi connectivity index (χ1n) is 6.90. The van der Waals surface area contributed by atoms with Gasteiger partial charge in [-0.3, -0.25) is 0 Å². The molecule has 2 heteroatoms. The van der Waals surface area contributed by atoms with E-state index in [1.165, 1.54) is 27.8 Å². The molecule has 1 aliphatic rings. The molecule has 0 saturated carbocycles. The maximum absolute atomic E-state index is 8.86. The Bertz CT molecular complexity index is 604. The van der Waals surface area contributed by atoms with E-state index in [1.807, 2.05) is 0 Å². The van der Waals surface area contributed by atoms with Crippen molar-refractivity contribution in [1.82, 2.24) is 0 Å². The highest BCUT2D eigenvalue weighted by atomic mass is 16.2. The Morgan fingerprint density at radius 1 is 1.00 bits per heavy atom. The van der Waals surface area contributed by atoms with Crippen LogP contribution in [0.2, 0.25) is 0 Å². The zero-order chi connectivity index (χ0) is 13.2. The molecule has 0 amide bonds. The first-order chi connectivity index (χ1) is 9.31. The standard InChI is InChI=1S/C17H19NO/c18-17-12(5-3-4-10-19)8-9-15-14-7-2-1-6-13(14)11-16(15)17/h1-2,6-9,19H,3-5,10-11,18H2. The Morgan fingerprint density at radius 3 is 2.68 bits per heavy atom. The minimum absolute atomic E-state index is 0.260. The minimum Gasteiger partial charge on any atom is -0.398 e. The zero-order valence-corrected chi connectivity index (χ0v) is 11.0. The average Bonchev–Trinajstić information content (AvgIpc) is 2.81. The van der Waals surface area contributed by atoms with Gasteiger partial charge >= 0.3 is 0 Å². The molecule has 1 aliphatic carbocycles.